The van der Waals surface area contributed by atoms with E-state index in [1.807, 2.05) is 24.3 Å². The highest BCUT2D eigenvalue weighted by Crippen LogP contribution is 2.28. The van der Waals surface area contributed by atoms with E-state index in [2.05, 4.69) is 42.8 Å². The zero-order valence-corrected chi connectivity index (χ0v) is 11.4. The van der Waals surface area contributed by atoms with Crippen molar-refractivity contribution in [2.45, 2.75) is 0 Å². The van der Waals surface area contributed by atoms with Crippen LogP contribution in [0.4, 0.5) is 29.0 Å². The summed E-state index contributed by atoms with van der Waals surface area (Å²) in [6.45, 7) is 0. The molecule has 2 rings (SSSR count). The molecule has 7 nitrogen and oxygen atoms in total. The van der Waals surface area contributed by atoms with Crippen LogP contribution >= 0.6 is 22.6 Å². The molecule has 0 bridgehead atoms. The number of aromatic nitrogens is 2. The zero-order valence-electron chi connectivity index (χ0n) is 9.21. The highest BCUT2D eigenvalue weighted by Gasteiger charge is 2.07. The number of nitrogens with zero attached hydrogens (tertiary/aromatic N) is 4. The lowest BCUT2D eigenvalue weighted by Gasteiger charge is -2.02. The Bertz CT molecular complexity index is 571. The first-order valence-electron chi connectivity index (χ1n) is 4.92. The van der Waals surface area contributed by atoms with Gasteiger partial charge in [-0.05, 0) is 46.9 Å². The van der Waals surface area contributed by atoms with Crippen molar-refractivity contribution >= 4 is 51.5 Å². The Hall–Kier alpha value is -1.97. The lowest BCUT2D eigenvalue weighted by molar-refractivity contribution is 1.15. The van der Waals surface area contributed by atoms with Crippen LogP contribution in [-0.4, -0.2) is 9.97 Å². The maximum Gasteiger partial charge on any atom is 0.224 e. The van der Waals surface area contributed by atoms with E-state index in [4.69, 9.17) is 17.2 Å². The van der Waals surface area contributed by atoms with Crippen LogP contribution in [0.2, 0.25) is 0 Å². The summed E-state index contributed by atoms with van der Waals surface area (Å²) in [5, 5.41) is 7.95. The van der Waals surface area contributed by atoms with Crippen molar-refractivity contribution in [3.05, 3.63) is 27.8 Å². The first kappa shape index (κ1) is 12.5. The van der Waals surface area contributed by atoms with E-state index in [0.29, 0.717) is 5.69 Å². The molecule has 0 unspecified atom stereocenters. The maximum atomic E-state index is 5.64. The minimum Gasteiger partial charge on any atom is -0.382 e. The Morgan fingerprint density at radius 1 is 0.889 bits per heavy atom. The quantitative estimate of drug-likeness (QED) is 0.562. The van der Waals surface area contributed by atoms with Crippen molar-refractivity contribution in [2.24, 2.45) is 10.2 Å². The molecule has 0 radical (unpaired) electrons. The van der Waals surface area contributed by atoms with Crippen LogP contribution in [0.15, 0.2) is 34.5 Å². The average molecular weight is 355 g/mol. The standard InChI is InChI=1S/C10H10IN7/c11-5-1-3-6(4-2-5)17-18-7-8(12)15-10(14)16-9(7)13/h1-4H,(H6,12,13,14,15,16). The smallest absolute Gasteiger partial charge is 0.224 e. The molecule has 18 heavy (non-hydrogen) atoms. The van der Waals surface area contributed by atoms with Crippen LogP contribution in [0.25, 0.3) is 0 Å². The average Bonchev–Trinajstić information content (AvgIpc) is 2.30. The van der Waals surface area contributed by atoms with Crippen LogP contribution in [0.3, 0.4) is 0 Å². The van der Waals surface area contributed by atoms with Gasteiger partial charge in [0.15, 0.2) is 17.3 Å². The van der Waals surface area contributed by atoms with E-state index in [9.17, 15) is 0 Å². The van der Waals surface area contributed by atoms with Crippen LogP contribution in [0.5, 0.6) is 0 Å². The monoisotopic (exact) mass is 355 g/mol. The summed E-state index contributed by atoms with van der Waals surface area (Å²) >= 11 is 2.20. The third-order valence-corrected chi connectivity index (χ3v) is 2.77. The molecule has 0 fully saturated rings. The second-order valence-corrected chi connectivity index (χ2v) is 4.62. The lowest BCUT2D eigenvalue weighted by atomic mass is 10.3. The highest BCUT2D eigenvalue weighted by atomic mass is 127. The van der Waals surface area contributed by atoms with Gasteiger partial charge in [-0.3, -0.25) is 0 Å². The van der Waals surface area contributed by atoms with E-state index in [1.54, 1.807) is 0 Å². The summed E-state index contributed by atoms with van der Waals surface area (Å²) in [6, 6.07) is 7.49. The summed E-state index contributed by atoms with van der Waals surface area (Å²) in [5.41, 5.74) is 17.6. The first-order chi connectivity index (χ1) is 8.56. The molecule has 0 atom stereocenters. The van der Waals surface area contributed by atoms with Crippen molar-refractivity contribution in [3.63, 3.8) is 0 Å². The van der Waals surface area contributed by atoms with Gasteiger partial charge < -0.3 is 17.2 Å². The number of hydrogen-bond acceptors (Lipinski definition) is 7. The number of halogens is 1. The van der Waals surface area contributed by atoms with Crippen LogP contribution in [-0.2, 0) is 0 Å². The summed E-state index contributed by atoms with van der Waals surface area (Å²) in [5.74, 6) is 0.224. The SMILES string of the molecule is Nc1nc(N)c(N=Nc2ccc(I)cc2)c(N)n1. The molecule has 8 heteroatoms. The van der Waals surface area contributed by atoms with Crippen LogP contribution in [0, 0.1) is 3.57 Å². The highest BCUT2D eigenvalue weighted by molar-refractivity contribution is 14.1. The number of rotatable bonds is 2. The Morgan fingerprint density at radius 3 is 2.00 bits per heavy atom. The van der Waals surface area contributed by atoms with E-state index in [1.165, 1.54) is 0 Å². The molecular weight excluding hydrogens is 345 g/mol. The zero-order chi connectivity index (χ0) is 13.1. The summed E-state index contributed by atoms with van der Waals surface area (Å²) in [7, 11) is 0. The number of benzene rings is 1. The van der Waals surface area contributed by atoms with Crippen molar-refractivity contribution in [3.8, 4) is 0 Å². The van der Waals surface area contributed by atoms with Gasteiger partial charge in [0.2, 0.25) is 5.95 Å². The van der Waals surface area contributed by atoms with E-state index in [0.717, 1.165) is 3.57 Å². The van der Waals surface area contributed by atoms with Gasteiger partial charge in [-0.15, -0.1) is 5.11 Å². The molecule has 0 aliphatic heterocycles. The number of nitrogens with two attached hydrogens (primary N) is 3. The molecule has 1 aromatic heterocycles. The molecule has 92 valence electrons. The molecule has 0 saturated heterocycles. The van der Waals surface area contributed by atoms with Gasteiger partial charge in [-0.1, -0.05) is 0 Å². The second-order valence-electron chi connectivity index (χ2n) is 3.38. The fourth-order valence-corrected chi connectivity index (χ4v) is 1.59. The van der Waals surface area contributed by atoms with Crippen LogP contribution < -0.4 is 17.2 Å². The maximum absolute atomic E-state index is 5.64. The molecule has 2 aromatic rings. The number of hydrogen-bond donors (Lipinski definition) is 3. The molecule has 0 aliphatic rings. The topological polar surface area (TPSA) is 129 Å². The number of nitrogen functional groups attached to an aromatic ring is 3. The third-order valence-electron chi connectivity index (χ3n) is 2.05. The summed E-state index contributed by atoms with van der Waals surface area (Å²) in [4.78, 5) is 7.54. The predicted octanol–water partition coefficient (Wildman–Crippen LogP) is 2.24. The number of azo groups is 1. The largest absolute Gasteiger partial charge is 0.382 e. The fraction of sp³-hybridized carbons (Fsp3) is 0. The molecule has 0 aliphatic carbocycles. The molecule has 0 saturated carbocycles. The van der Waals surface area contributed by atoms with Crippen molar-refractivity contribution in [2.75, 3.05) is 17.2 Å². The van der Waals surface area contributed by atoms with Crippen LogP contribution in [0.1, 0.15) is 0 Å². The third kappa shape index (κ3) is 2.83. The van der Waals surface area contributed by atoms with Gasteiger partial charge >= 0.3 is 0 Å². The fourth-order valence-electron chi connectivity index (χ4n) is 1.23. The van der Waals surface area contributed by atoms with Crippen molar-refractivity contribution in [1.82, 2.24) is 9.97 Å². The molecule has 0 spiro atoms. The minimum atomic E-state index is 0.0122. The summed E-state index contributed by atoms with van der Waals surface area (Å²) < 4.78 is 1.11. The molecular formula is C10H10IN7. The number of anilines is 3. The molecule has 0 amide bonds. The van der Waals surface area contributed by atoms with E-state index in [-0.39, 0.29) is 23.3 Å². The summed E-state index contributed by atoms with van der Waals surface area (Å²) in [6.07, 6.45) is 0. The molecule has 6 N–H and O–H groups in total. The Kier molecular flexibility index (Phi) is 3.55. The normalized spacial score (nSPS) is 10.9. The van der Waals surface area contributed by atoms with E-state index >= 15 is 0 Å². The Labute approximate surface area is 117 Å². The predicted molar refractivity (Wildman–Crippen MR) is 78.6 cm³/mol. The van der Waals surface area contributed by atoms with E-state index < -0.39 is 0 Å². The van der Waals surface area contributed by atoms with Crippen molar-refractivity contribution in [1.29, 1.82) is 0 Å². The van der Waals surface area contributed by atoms with Gasteiger partial charge in [0, 0.05) is 3.57 Å². The Morgan fingerprint density at radius 2 is 1.44 bits per heavy atom. The lowest BCUT2D eigenvalue weighted by Crippen LogP contribution is -2.03. The Balaban J connectivity index is 2.31. The molecule has 1 aromatic carbocycles. The van der Waals surface area contributed by atoms with Gasteiger partial charge in [0.05, 0.1) is 5.69 Å². The van der Waals surface area contributed by atoms with Gasteiger partial charge in [0.1, 0.15) is 0 Å². The molecule has 1 heterocycles. The second kappa shape index (κ2) is 5.12. The van der Waals surface area contributed by atoms with Gasteiger partial charge in [0.25, 0.3) is 0 Å². The minimum absolute atomic E-state index is 0.0122. The van der Waals surface area contributed by atoms with Gasteiger partial charge in [-0.2, -0.15) is 15.1 Å². The van der Waals surface area contributed by atoms with Crippen molar-refractivity contribution < 1.29 is 0 Å². The first-order valence-corrected chi connectivity index (χ1v) is 6.00. The van der Waals surface area contributed by atoms with Gasteiger partial charge in [-0.25, -0.2) is 0 Å².